The third-order valence-corrected chi connectivity index (χ3v) is 3.75. The zero-order chi connectivity index (χ0) is 14.2. The summed E-state index contributed by atoms with van der Waals surface area (Å²) >= 11 is 0. The van der Waals surface area contributed by atoms with E-state index in [9.17, 15) is 0 Å². The number of anilines is 2. The van der Waals surface area contributed by atoms with Gasteiger partial charge >= 0.3 is 0 Å². The summed E-state index contributed by atoms with van der Waals surface area (Å²) in [6.45, 7) is 2.96. The summed E-state index contributed by atoms with van der Waals surface area (Å²) in [4.78, 5) is 15.7. The Balaban J connectivity index is 1.96. The maximum Gasteiger partial charge on any atom is 0.228 e. The minimum Gasteiger partial charge on any atom is -0.383 e. The molecule has 0 aliphatic carbocycles. The number of nitrogens with zero attached hydrogens (tertiary/aromatic N) is 4. The molecule has 2 aromatic heterocycles. The molecule has 21 heavy (non-hydrogen) atoms. The number of hydrogen-bond acceptors (Lipinski definition) is 6. The number of nitrogens with two attached hydrogens (primary N) is 1. The molecule has 0 amide bonds. The van der Waals surface area contributed by atoms with Crippen molar-refractivity contribution in [3.05, 3.63) is 30.5 Å². The highest BCUT2D eigenvalue weighted by Gasteiger charge is 2.16. The second-order valence-corrected chi connectivity index (χ2v) is 5.05. The van der Waals surface area contributed by atoms with Crippen LogP contribution in [0.15, 0.2) is 30.5 Å². The molecule has 1 saturated heterocycles. The molecular formula is C15H15N5O. The summed E-state index contributed by atoms with van der Waals surface area (Å²) in [6.07, 6.45) is 1.75. The van der Waals surface area contributed by atoms with Crippen LogP contribution in [-0.4, -0.2) is 41.3 Å². The summed E-state index contributed by atoms with van der Waals surface area (Å²) in [5, 5.41) is 1.80. The Labute approximate surface area is 121 Å². The number of aromatic nitrogens is 3. The van der Waals surface area contributed by atoms with E-state index in [0.717, 1.165) is 34.9 Å². The first-order valence-electron chi connectivity index (χ1n) is 6.96. The van der Waals surface area contributed by atoms with E-state index in [-0.39, 0.29) is 0 Å². The number of para-hydroxylation sites is 1. The minimum atomic E-state index is 0.472. The fraction of sp³-hybridized carbons (Fsp3) is 0.267. The Kier molecular flexibility index (Phi) is 2.82. The van der Waals surface area contributed by atoms with E-state index in [0.29, 0.717) is 25.0 Å². The highest BCUT2D eigenvalue weighted by Crippen LogP contribution is 2.27. The van der Waals surface area contributed by atoms with Crippen molar-refractivity contribution in [3.63, 3.8) is 0 Å². The van der Waals surface area contributed by atoms with Crippen molar-refractivity contribution in [2.24, 2.45) is 0 Å². The third kappa shape index (κ3) is 2.04. The van der Waals surface area contributed by atoms with E-state index >= 15 is 0 Å². The maximum atomic E-state index is 6.11. The summed E-state index contributed by atoms with van der Waals surface area (Å²) in [5.41, 5.74) is 7.87. The number of morpholine rings is 1. The van der Waals surface area contributed by atoms with Crippen LogP contribution in [0.25, 0.3) is 21.8 Å². The van der Waals surface area contributed by atoms with Gasteiger partial charge in [-0.3, -0.25) is 4.98 Å². The summed E-state index contributed by atoms with van der Waals surface area (Å²) in [5.74, 6) is 1.14. The van der Waals surface area contributed by atoms with Gasteiger partial charge in [-0.15, -0.1) is 0 Å². The third-order valence-electron chi connectivity index (χ3n) is 3.75. The fourth-order valence-corrected chi connectivity index (χ4v) is 2.63. The summed E-state index contributed by atoms with van der Waals surface area (Å²) in [7, 11) is 0. The smallest absolute Gasteiger partial charge is 0.228 e. The lowest BCUT2D eigenvalue weighted by Gasteiger charge is -2.27. The normalized spacial score (nSPS) is 15.7. The average molecular weight is 281 g/mol. The molecule has 0 bridgehead atoms. The monoisotopic (exact) mass is 281 g/mol. The number of ether oxygens (including phenoxy) is 1. The van der Waals surface area contributed by atoms with E-state index in [2.05, 4.69) is 14.9 Å². The van der Waals surface area contributed by atoms with Crippen LogP contribution in [-0.2, 0) is 4.74 Å². The maximum absolute atomic E-state index is 6.11. The zero-order valence-corrected chi connectivity index (χ0v) is 11.5. The summed E-state index contributed by atoms with van der Waals surface area (Å²) < 4.78 is 5.37. The molecule has 0 radical (unpaired) electrons. The lowest BCUT2D eigenvalue weighted by Crippen LogP contribution is -2.37. The van der Waals surface area contributed by atoms with Crippen molar-refractivity contribution in [2.75, 3.05) is 36.9 Å². The largest absolute Gasteiger partial charge is 0.383 e. The van der Waals surface area contributed by atoms with Crippen molar-refractivity contribution in [1.82, 2.24) is 15.0 Å². The molecule has 3 aromatic rings. The van der Waals surface area contributed by atoms with Gasteiger partial charge in [0.25, 0.3) is 0 Å². The fourth-order valence-electron chi connectivity index (χ4n) is 2.63. The van der Waals surface area contributed by atoms with Gasteiger partial charge in [-0.2, -0.15) is 4.98 Å². The highest BCUT2D eigenvalue weighted by atomic mass is 16.5. The molecule has 6 nitrogen and oxygen atoms in total. The molecule has 0 atom stereocenters. The number of nitrogen functional groups attached to an aromatic ring is 1. The van der Waals surface area contributed by atoms with Crippen LogP contribution in [0, 0.1) is 0 Å². The van der Waals surface area contributed by atoms with Crippen LogP contribution in [0.3, 0.4) is 0 Å². The molecule has 2 N–H and O–H groups in total. The minimum absolute atomic E-state index is 0.472. The Bertz CT molecular complexity index is 814. The molecule has 1 aromatic carbocycles. The molecule has 0 saturated carbocycles. The van der Waals surface area contributed by atoms with Crippen molar-refractivity contribution in [1.29, 1.82) is 0 Å². The summed E-state index contributed by atoms with van der Waals surface area (Å²) in [6, 6.07) is 7.94. The second-order valence-electron chi connectivity index (χ2n) is 5.05. The first kappa shape index (κ1) is 12.3. The van der Waals surface area contributed by atoms with Crippen LogP contribution in [0.1, 0.15) is 0 Å². The number of rotatable bonds is 1. The molecule has 1 aliphatic heterocycles. The van der Waals surface area contributed by atoms with E-state index in [4.69, 9.17) is 15.5 Å². The van der Waals surface area contributed by atoms with E-state index < -0.39 is 0 Å². The van der Waals surface area contributed by atoms with Crippen LogP contribution in [0.4, 0.5) is 11.8 Å². The number of benzene rings is 1. The Morgan fingerprint density at radius 3 is 2.71 bits per heavy atom. The molecular weight excluding hydrogens is 266 g/mol. The molecule has 1 aliphatic rings. The quantitative estimate of drug-likeness (QED) is 0.683. The predicted octanol–water partition coefficient (Wildman–Crippen LogP) is 1.60. The van der Waals surface area contributed by atoms with Gasteiger partial charge < -0.3 is 15.4 Å². The van der Waals surface area contributed by atoms with Crippen LogP contribution in [0.2, 0.25) is 0 Å². The number of hydrogen-bond donors (Lipinski definition) is 1. The van der Waals surface area contributed by atoms with Gasteiger partial charge in [-0.25, -0.2) is 4.98 Å². The molecule has 106 valence electrons. The lowest BCUT2D eigenvalue weighted by molar-refractivity contribution is 0.122. The van der Waals surface area contributed by atoms with Gasteiger partial charge in [0.15, 0.2) is 0 Å². The first-order valence-corrected chi connectivity index (χ1v) is 6.96. The Morgan fingerprint density at radius 2 is 1.86 bits per heavy atom. The van der Waals surface area contributed by atoms with Crippen LogP contribution in [0.5, 0.6) is 0 Å². The molecule has 4 rings (SSSR count). The van der Waals surface area contributed by atoms with E-state index in [1.807, 2.05) is 24.3 Å². The van der Waals surface area contributed by atoms with Gasteiger partial charge in [-0.1, -0.05) is 18.2 Å². The van der Waals surface area contributed by atoms with E-state index in [1.165, 1.54) is 0 Å². The van der Waals surface area contributed by atoms with Crippen molar-refractivity contribution >= 4 is 33.6 Å². The average Bonchev–Trinajstić information content (AvgIpc) is 2.55. The SMILES string of the molecule is Nc1nc(N2CCOCC2)nc2c1cnc1ccccc12. The van der Waals surface area contributed by atoms with Crippen molar-refractivity contribution < 1.29 is 4.74 Å². The zero-order valence-electron chi connectivity index (χ0n) is 11.5. The lowest BCUT2D eigenvalue weighted by atomic mass is 10.1. The van der Waals surface area contributed by atoms with Crippen molar-refractivity contribution in [2.45, 2.75) is 0 Å². The standard InChI is InChI=1S/C15H15N5O/c16-14-11-9-17-12-4-2-1-3-10(12)13(11)18-15(19-14)20-5-7-21-8-6-20/h1-4,9H,5-8H2,(H2,16,18,19). The highest BCUT2D eigenvalue weighted by molar-refractivity contribution is 6.06. The predicted molar refractivity (Wildman–Crippen MR) is 82.3 cm³/mol. The second kappa shape index (κ2) is 4.82. The number of pyridine rings is 1. The molecule has 0 unspecified atom stereocenters. The van der Waals surface area contributed by atoms with E-state index in [1.54, 1.807) is 6.20 Å². The number of fused-ring (bicyclic) bond motifs is 3. The van der Waals surface area contributed by atoms with Crippen LogP contribution < -0.4 is 10.6 Å². The van der Waals surface area contributed by atoms with Gasteiger partial charge in [-0.05, 0) is 6.07 Å². The first-order chi connectivity index (χ1) is 10.3. The Morgan fingerprint density at radius 1 is 1.05 bits per heavy atom. The Hall–Kier alpha value is -2.47. The molecule has 0 spiro atoms. The van der Waals surface area contributed by atoms with Gasteiger partial charge in [0, 0.05) is 24.7 Å². The van der Waals surface area contributed by atoms with Gasteiger partial charge in [0.1, 0.15) is 5.82 Å². The van der Waals surface area contributed by atoms with Crippen molar-refractivity contribution in [3.8, 4) is 0 Å². The molecule has 3 heterocycles. The topological polar surface area (TPSA) is 77.2 Å². The van der Waals surface area contributed by atoms with Gasteiger partial charge in [0.05, 0.1) is 29.6 Å². The van der Waals surface area contributed by atoms with Crippen LogP contribution >= 0.6 is 0 Å². The molecule has 6 heteroatoms. The molecule has 1 fully saturated rings. The van der Waals surface area contributed by atoms with Gasteiger partial charge in [0.2, 0.25) is 5.95 Å².